The molecule has 4 rings (SSSR count). The first-order valence-electron chi connectivity index (χ1n) is 10.8. The molecule has 0 bridgehead atoms. The van der Waals surface area contributed by atoms with Crippen LogP contribution in [0.4, 0.5) is 5.69 Å². The van der Waals surface area contributed by atoms with E-state index >= 15 is 0 Å². The van der Waals surface area contributed by atoms with E-state index in [0.29, 0.717) is 32.6 Å². The van der Waals surface area contributed by atoms with Crippen molar-refractivity contribution < 1.29 is 14.3 Å². The SMILES string of the molecule is Cc1nc(-c2ccc(C(=O)N/N=C/c3cc(Br)ccc3OCC(=O)Nc3ccc(Cl)c(Cl)c3)cc2)cs1. The molecular formula is C26H19BrCl2N4O3S. The second-order valence-electron chi connectivity index (χ2n) is 7.68. The lowest BCUT2D eigenvalue weighted by Gasteiger charge is -2.10. The zero-order valence-electron chi connectivity index (χ0n) is 19.3. The van der Waals surface area contributed by atoms with Crippen molar-refractivity contribution in [3.63, 3.8) is 0 Å². The number of halogens is 3. The second kappa shape index (κ2) is 12.3. The van der Waals surface area contributed by atoms with Crippen LogP contribution in [0.5, 0.6) is 5.75 Å². The monoisotopic (exact) mass is 616 g/mol. The maximum Gasteiger partial charge on any atom is 0.271 e. The molecule has 7 nitrogen and oxygen atoms in total. The largest absolute Gasteiger partial charge is 0.483 e. The van der Waals surface area contributed by atoms with Crippen molar-refractivity contribution in [1.29, 1.82) is 0 Å². The quantitative estimate of drug-likeness (QED) is 0.165. The van der Waals surface area contributed by atoms with Crippen molar-refractivity contribution >= 4 is 74.2 Å². The normalized spacial score (nSPS) is 10.9. The van der Waals surface area contributed by atoms with Crippen molar-refractivity contribution in [2.45, 2.75) is 6.92 Å². The van der Waals surface area contributed by atoms with Gasteiger partial charge >= 0.3 is 0 Å². The number of thiazole rings is 1. The van der Waals surface area contributed by atoms with E-state index in [1.807, 2.05) is 24.4 Å². The molecule has 37 heavy (non-hydrogen) atoms. The minimum atomic E-state index is -0.381. The van der Waals surface area contributed by atoms with Crippen molar-refractivity contribution in [2.75, 3.05) is 11.9 Å². The molecule has 0 atom stereocenters. The highest BCUT2D eigenvalue weighted by atomic mass is 79.9. The van der Waals surface area contributed by atoms with Gasteiger partial charge in [0.15, 0.2) is 6.61 Å². The van der Waals surface area contributed by atoms with Gasteiger partial charge in [0.05, 0.1) is 27.0 Å². The van der Waals surface area contributed by atoms with Gasteiger partial charge in [0.2, 0.25) is 0 Å². The summed E-state index contributed by atoms with van der Waals surface area (Å²) in [5, 5.41) is 10.4. The minimum absolute atomic E-state index is 0.250. The Kier molecular flexibility index (Phi) is 8.94. The van der Waals surface area contributed by atoms with Gasteiger partial charge in [-0.2, -0.15) is 5.10 Å². The standard InChI is InChI=1S/C26H19BrCl2N4O3S/c1-15-31-23(14-37-15)16-2-4-17(5-3-16)26(35)33-30-12-18-10-19(27)6-9-24(18)36-13-25(34)32-20-7-8-21(28)22(29)11-20/h2-12,14H,13H2,1H3,(H,32,34)(H,33,35)/b30-12+. The van der Waals surface area contributed by atoms with E-state index < -0.39 is 0 Å². The topological polar surface area (TPSA) is 92.7 Å². The fourth-order valence-electron chi connectivity index (χ4n) is 3.18. The van der Waals surface area contributed by atoms with E-state index in [0.717, 1.165) is 20.7 Å². The van der Waals surface area contributed by atoms with Gasteiger partial charge in [0.25, 0.3) is 11.8 Å². The molecule has 0 saturated carbocycles. The number of rotatable bonds is 8. The Hall–Kier alpha value is -3.24. The molecule has 0 aliphatic carbocycles. The Labute approximate surface area is 235 Å². The predicted molar refractivity (Wildman–Crippen MR) is 152 cm³/mol. The summed E-state index contributed by atoms with van der Waals surface area (Å²) in [6.07, 6.45) is 1.45. The molecule has 0 saturated heterocycles. The van der Waals surface area contributed by atoms with Crippen LogP contribution in [-0.4, -0.2) is 29.6 Å². The van der Waals surface area contributed by atoms with E-state index in [1.165, 1.54) is 6.21 Å². The molecule has 0 fully saturated rings. The molecule has 2 N–H and O–H groups in total. The summed E-state index contributed by atoms with van der Waals surface area (Å²) in [5.74, 6) is -0.335. The third kappa shape index (κ3) is 7.39. The molecule has 1 aromatic heterocycles. The fourth-order valence-corrected chi connectivity index (χ4v) is 4.48. The number of carbonyl (C=O) groups excluding carboxylic acids is 2. The highest BCUT2D eigenvalue weighted by Gasteiger charge is 2.10. The maximum absolute atomic E-state index is 12.5. The van der Waals surface area contributed by atoms with Gasteiger partial charge in [0.1, 0.15) is 5.75 Å². The molecule has 188 valence electrons. The van der Waals surface area contributed by atoms with Crippen molar-refractivity contribution in [3.05, 3.63) is 96.7 Å². The smallest absolute Gasteiger partial charge is 0.271 e. The van der Waals surface area contributed by atoms with Gasteiger partial charge in [-0.1, -0.05) is 51.3 Å². The maximum atomic E-state index is 12.5. The summed E-state index contributed by atoms with van der Waals surface area (Å²) in [7, 11) is 0. The average molecular weight is 618 g/mol. The number of aromatic nitrogens is 1. The fraction of sp³-hybridized carbons (Fsp3) is 0.0769. The van der Waals surface area contributed by atoms with Gasteiger partial charge in [0, 0.05) is 32.2 Å². The number of hydrazone groups is 1. The van der Waals surface area contributed by atoms with Crippen LogP contribution >= 0.6 is 50.5 Å². The molecule has 0 aliphatic heterocycles. The van der Waals surface area contributed by atoms with E-state index in [1.54, 1.807) is 59.9 Å². The van der Waals surface area contributed by atoms with Crippen LogP contribution in [0.15, 0.2) is 75.6 Å². The van der Waals surface area contributed by atoms with Crippen LogP contribution in [0.2, 0.25) is 10.0 Å². The number of nitrogens with one attached hydrogen (secondary N) is 2. The Morgan fingerprint density at radius 3 is 2.57 bits per heavy atom. The second-order valence-corrected chi connectivity index (χ2v) is 10.5. The summed E-state index contributed by atoms with van der Waals surface area (Å²) in [6, 6.07) is 17.1. The number of ether oxygens (including phenoxy) is 1. The van der Waals surface area contributed by atoms with Crippen molar-refractivity contribution in [2.24, 2.45) is 5.10 Å². The Morgan fingerprint density at radius 2 is 1.86 bits per heavy atom. The number of amides is 2. The van der Waals surface area contributed by atoms with Crippen molar-refractivity contribution in [1.82, 2.24) is 10.4 Å². The molecule has 0 radical (unpaired) electrons. The summed E-state index contributed by atoms with van der Waals surface area (Å²) >= 11 is 16.9. The van der Waals surface area contributed by atoms with Gasteiger partial charge in [-0.3, -0.25) is 9.59 Å². The summed E-state index contributed by atoms with van der Waals surface area (Å²) in [6.45, 7) is 1.70. The lowest BCUT2D eigenvalue weighted by Crippen LogP contribution is -2.20. The lowest BCUT2D eigenvalue weighted by molar-refractivity contribution is -0.118. The zero-order chi connectivity index (χ0) is 26.4. The van der Waals surface area contributed by atoms with Crippen LogP contribution in [0.3, 0.4) is 0 Å². The molecule has 0 aliphatic rings. The van der Waals surface area contributed by atoms with E-state index in [-0.39, 0.29) is 18.4 Å². The molecule has 0 spiro atoms. The molecule has 11 heteroatoms. The highest BCUT2D eigenvalue weighted by molar-refractivity contribution is 9.10. The number of anilines is 1. The third-order valence-electron chi connectivity index (χ3n) is 4.97. The first-order valence-corrected chi connectivity index (χ1v) is 13.2. The van der Waals surface area contributed by atoms with Crippen LogP contribution in [-0.2, 0) is 4.79 Å². The van der Waals surface area contributed by atoms with Crippen molar-refractivity contribution in [3.8, 4) is 17.0 Å². The molecule has 1 heterocycles. The number of hydrogen-bond donors (Lipinski definition) is 2. The average Bonchev–Trinajstić information content (AvgIpc) is 3.32. The van der Waals surface area contributed by atoms with E-state index in [2.05, 4.69) is 36.8 Å². The van der Waals surface area contributed by atoms with Crippen LogP contribution in [0.25, 0.3) is 11.3 Å². The summed E-state index contributed by atoms with van der Waals surface area (Å²) < 4.78 is 6.46. The lowest BCUT2D eigenvalue weighted by atomic mass is 10.1. The van der Waals surface area contributed by atoms with E-state index in [4.69, 9.17) is 27.9 Å². The van der Waals surface area contributed by atoms with Gasteiger partial charge in [-0.05, 0) is 55.5 Å². The van der Waals surface area contributed by atoms with Gasteiger partial charge in [-0.15, -0.1) is 11.3 Å². The first kappa shape index (κ1) is 26.8. The van der Waals surface area contributed by atoms with Crippen LogP contribution < -0.4 is 15.5 Å². The molecule has 2 amide bonds. The predicted octanol–water partition coefficient (Wildman–Crippen LogP) is 6.97. The summed E-state index contributed by atoms with van der Waals surface area (Å²) in [5.41, 5.74) is 5.83. The minimum Gasteiger partial charge on any atom is -0.483 e. The Balaban J connectivity index is 1.36. The molecule has 4 aromatic rings. The number of hydrogen-bond acceptors (Lipinski definition) is 6. The van der Waals surface area contributed by atoms with Crippen LogP contribution in [0, 0.1) is 6.92 Å². The molecule has 0 unspecified atom stereocenters. The van der Waals surface area contributed by atoms with E-state index in [9.17, 15) is 9.59 Å². The zero-order valence-corrected chi connectivity index (χ0v) is 23.2. The van der Waals surface area contributed by atoms with Gasteiger partial charge in [-0.25, -0.2) is 10.4 Å². The Morgan fingerprint density at radius 1 is 1.08 bits per heavy atom. The van der Waals surface area contributed by atoms with Gasteiger partial charge < -0.3 is 10.1 Å². The Bertz CT molecular complexity index is 1480. The number of carbonyl (C=O) groups is 2. The molecule has 3 aromatic carbocycles. The number of nitrogens with zero attached hydrogens (tertiary/aromatic N) is 2. The van der Waals surface area contributed by atoms with Crippen LogP contribution in [0.1, 0.15) is 20.9 Å². The summed E-state index contributed by atoms with van der Waals surface area (Å²) in [4.78, 5) is 29.3. The number of benzene rings is 3. The third-order valence-corrected chi connectivity index (χ3v) is 6.97. The highest BCUT2D eigenvalue weighted by Crippen LogP contribution is 2.26. The first-order chi connectivity index (χ1) is 17.8. The number of aryl methyl sites for hydroxylation is 1. The molecular weight excluding hydrogens is 599 g/mol.